The van der Waals surface area contributed by atoms with Crippen molar-refractivity contribution in [1.82, 2.24) is 10.2 Å². The summed E-state index contributed by atoms with van der Waals surface area (Å²) >= 11 is 0. The van der Waals surface area contributed by atoms with E-state index in [9.17, 15) is 28.0 Å². The van der Waals surface area contributed by atoms with Crippen molar-refractivity contribution in [3.63, 3.8) is 0 Å². The predicted octanol–water partition coefficient (Wildman–Crippen LogP) is 4.13. The molecule has 3 amide bonds. The summed E-state index contributed by atoms with van der Waals surface area (Å²) in [6.07, 6.45) is 1.55. The van der Waals surface area contributed by atoms with E-state index in [2.05, 4.69) is 10.6 Å². The molecule has 3 aromatic rings. The quantitative estimate of drug-likeness (QED) is 0.221. The summed E-state index contributed by atoms with van der Waals surface area (Å²) in [6.45, 7) is 0.584. The molecule has 0 radical (unpaired) electrons. The lowest BCUT2D eigenvalue weighted by atomic mass is 9.92. The van der Waals surface area contributed by atoms with Crippen molar-refractivity contribution in [3.05, 3.63) is 101 Å². The second-order valence-electron chi connectivity index (χ2n) is 10.3. The van der Waals surface area contributed by atoms with Crippen LogP contribution in [0.1, 0.15) is 53.6 Å². The minimum absolute atomic E-state index is 0.00627. The molecule has 0 aliphatic carbocycles. The van der Waals surface area contributed by atoms with Crippen LogP contribution in [0, 0.1) is 11.6 Å². The average molecular weight is 577 g/mol. The largest absolute Gasteiger partial charge is 0.342 e. The lowest BCUT2D eigenvalue weighted by Crippen LogP contribution is -2.56. The third-order valence-electron chi connectivity index (χ3n) is 7.30. The van der Waals surface area contributed by atoms with E-state index in [0.717, 1.165) is 23.3 Å². The van der Waals surface area contributed by atoms with Crippen molar-refractivity contribution in [1.29, 1.82) is 0 Å². The fraction of sp³-hybridized carbons (Fsp3) is 0.312. The Labute approximate surface area is 243 Å². The molecular formula is C32H34F2N4O4. The zero-order chi connectivity index (χ0) is 30.1. The second-order valence-corrected chi connectivity index (χ2v) is 10.3. The third kappa shape index (κ3) is 7.85. The molecule has 1 heterocycles. The molecule has 0 saturated heterocycles. The first-order chi connectivity index (χ1) is 20.3. The number of unbranched alkanes of at least 4 members (excludes halogenated alkanes) is 1. The summed E-state index contributed by atoms with van der Waals surface area (Å²) in [7, 11) is 0. The van der Waals surface area contributed by atoms with Gasteiger partial charge >= 0.3 is 0 Å². The van der Waals surface area contributed by atoms with E-state index in [1.165, 1.54) is 11.0 Å². The number of benzene rings is 3. The van der Waals surface area contributed by atoms with Crippen molar-refractivity contribution in [3.8, 4) is 0 Å². The van der Waals surface area contributed by atoms with Gasteiger partial charge in [0.2, 0.25) is 17.7 Å². The number of carbonyl (C=O) groups is 4. The molecule has 0 spiro atoms. The molecule has 3 aromatic carbocycles. The molecule has 4 N–H and O–H groups in total. The summed E-state index contributed by atoms with van der Waals surface area (Å²) in [6, 6.07) is 17.3. The number of hydrogen-bond acceptors (Lipinski definition) is 5. The highest BCUT2D eigenvalue weighted by molar-refractivity contribution is 6.00. The van der Waals surface area contributed by atoms with E-state index in [4.69, 9.17) is 5.73 Å². The van der Waals surface area contributed by atoms with E-state index < -0.39 is 35.5 Å². The van der Waals surface area contributed by atoms with E-state index >= 15 is 0 Å². The van der Waals surface area contributed by atoms with Gasteiger partial charge in [-0.3, -0.25) is 19.2 Å². The molecule has 4 rings (SSSR count). The van der Waals surface area contributed by atoms with Gasteiger partial charge in [-0.1, -0.05) is 54.6 Å². The van der Waals surface area contributed by atoms with Gasteiger partial charge in [0.15, 0.2) is 17.4 Å². The van der Waals surface area contributed by atoms with Crippen LogP contribution in [0.15, 0.2) is 72.8 Å². The summed E-state index contributed by atoms with van der Waals surface area (Å²) in [5.74, 6) is -3.80. The molecule has 0 bridgehead atoms. The lowest BCUT2D eigenvalue weighted by Gasteiger charge is -2.37. The Bertz CT molecular complexity index is 1430. The van der Waals surface area contributed by atoms with Crippen LogP contribution in [0.4, 0.5) is 14.5 Å². The predicted molar refractivity (Wildman–Crippen MR) is 154 cm³/mol. The fourth-order valence-corrected chi connectivity index (χ4v) is 4.98. The normalized spacial score (nSPS) is 14.9. The number of anilines is 1. The molecule has 0 unspecified atom stereocenters. The monoisotopic (exact) mass is 576 g/mol. The first-order valence-electron chi connectivity index (χ1n) is 14.0. The SMILES string of the molecule is NCCCC[C@H](NC(=O)[C@@H]1Cc2ccccc2CN1C(=O)CCC(=O)c1ccccc1)C(=O)Nc1ccc(F)c(F)c1. The Kier molecular flexibility index (Phi) is 10.5. The molecule has 0 aromatic heterocycles. The minimum Gasteiger partial charge on any atom is -0.342 e. The average Bonchev–Trinajstić information content (AvgIpc) is 3.00. The van der Waals surface area contributed by atoms with Crippen LogP contribution in [0.3, 0.4) is 0 Å². The fourth-order valence-electron chi connectivity index (χ4n) is 4.98. The van der Waals surface area contributed by atoms with E-state index in [1.807, 2.05) is 24.3 Å². The standard InChI is InChI=1S/C32H34F2N4O4/c33-25-14-13-24(19-26(25)34)36-31(41)27(12-6-7-17-35)37-32(42)28-18-22-10-4-5-11-23(22)20-38(28)30(40)16-15-29(39)21-8-2-1-3-9-21/h1-5,8-11,13-14,19,27-28H,6-7,12,15-18,20,35H2,(H,36,41)(H,37,42)/t27-,28-/m0/s1. The van der Waals surface area contributed by atoms with Crippen molar-refractivity contribution in [2.24, 2.45) is 5.73 Å². The molecule has 2 atom stereocenters. The topological polar surface area (TPSA) is 122 Å². The smallest absolute Gasteiger partial charge is 0.246 e. The molecular weight excluding hydrogens is 542 g/mol. The van der Waals surface area contributed by atoms with Crippen LogP contribution in [-0.4, -0.2) is 47.0 Å². The Morgan fingerprint density at radius 1 is 0.881 bits per heavy atom. The van der Waals surface area contributed by atoms with E-state index in [-0.39, 0.29) is 49.6 Å². The number of fused-ring (bicyclic) bond motifs is 1. The van der Waals surface area contributed by atoms with Crippen molar-refractivity contribution < 1.29 is 28.0 Å². The zero-order valence-electron chi connectivity index (χ0n) is 23.2. The van der Waals surface area contributed by atoms with Gasteiger partial charge in [0.05, 0.1) is 0 Å². The molecule has 1 aliphatic heterocycles. The Morgan fingerprint density at radius 2 is 1.60 bits per heavy atom. The Hall–Kier alpha value is -4.44. The van der Waals surface area contributed by atoms with Gasteiger partial charge in [-0.05, 0) is 49.1 Å². The van der Waals surface area contributed by atoms with Gasteiger partial charge in [0, 0.05) is 43.1 Å². The van der Waals surface area contributed by atoms with Crippen LogP contribution in [0.25, 0.3) is 0 Å². The second kappa shape index (κ2) is 14.5. The molecule has 0 saturated carbocycles. The molecule has 0 fully saturated rings. The molecule has 8 nitrogen and oxygen atoms in total. The number of carbonyl (C=O) groups excluding carboxylic acids is 4. The highest BCUT2D eigenvalue weighted by atomic mass is 19.2. The minimum atomic E-state index is -1.11. The lowest BCUT2D eigenvalue weighted by molar-refractivity contribution is -0.142. The van der Waals surface area contributed by atoms with Crippen molar-refractivity contribution >= 4 is 29.2 Å². The number of amides is 3. The van der Waals surface area contributed by atoms with Gasteiger partial charge in [-0.2, -0.15) is 0 Å². The molecule has 42 heavy (non-hydrogen) atoms. The van der Waals surface area contributed by atoms with Crippen LogP contribution < -0.4 is 16.4 Å². The first-order valence-corrected chi connectivity index (χ1v) is 14.0. The van der Waals surface area contributed by atoms with Crippen molar-refractivity contribution in [2.45, 2.75) is 57.2 Å². The van der Waals surface area contributed by atoms with Gasteiger partial charge < -0.3 is 21.3 Å². The van der Waals surface area contributed by atoms with Gasteiger partial charge in [-0.25, -0.2) is 8.78 Å². The van der Waals surface area contributed by atoms with Gasteiger partial charge in [0.1, 0.15) is 12.1 Å². The number of nitrogens with one attached hydrogen (secondary N) is 2. The summed E-state index contributed by atoms with van der Waals surface area (Å²) < 4.78 is 27.1. The van der Waals surface area contributed by atoms with Gasteiger partial charge in [0.25, 0.3) is 0 Å². The highest BCUT2D eigenvalue weighted by Crippen LogP contribution is 2.25. The maximum Gasteiger partial charge on any atom is 0.246 e. The van der Waals surface area contributed by atoms with Crippen LogP contribution >= 0.6 is 0 Å². The zero-order valence-corrected chi connectivity index (χ0v) is 23.2. The summed E-state index contributed by atoms with van der Waals surface area (Å²) in [5, 5.41) is 5.31. The number of hydrogen-bond donors (Lipinski definition) is 3. The summed E-state index contributed by atoms with van der Waals surface area (Å²) in [5.41, 5.74) is 7.98. The molecule has 10 heteroatoms. The number of rotatable bonds is 12. The number of ketones is 1. The van der Waals surface area contributed by atoms with Crippen molar-refractivity contribution in [2.75, 3.05) is 11.9 Å². The van der Waals surface area contributed by atoms with Crippen LogP contribution in [0.5, 0.6) is 0 Å². The van der Waals surface area contributed by atoms with Crippen LogP contribution in [0.2, 0.25) is 0 Å². The summed E-state index contributed by atoms with van der Waals surface area (Å²) in [4.78, 5) is 54.4. The van der Waals surface area contributed by atoms with Gasteiger partial charge in [-0.15, -0.1) is 0 Å². The Balaban J connectivity index is 1.50. The Morgan fingerprint density at radius 3 is 2.31 bits per heavy atom. The number of halogens is 2. The van der Waals surface area contributed by atoms with E-state index in [0.29, 0.717) is 24.9 Å². The maximum atomic E-state index is 13.7. The number of nitrogens with two attached hydrogens (primary N) is 1. The van der Waals surface area contributed by atoms with Crippen LogP contribution in [-0.2, 0) is 27.3 Å². The maximum absolute atomic E-state index is 13.7. The first kappa shape index (κ1) is 30.5. The molecule has 220 valence electrons. The number of Topliss-reactive ketones (excluding diaryl/α,β-unsaturated/α-hetero) is 1. The highest BCUT2D eigenvalue weighted by Gasteiger charge is 2.36. The van der Waals surface area contributed by atoms with E-state index in [1.54, 1.807) is 30.3 Å². The molecule has 1 aliphatic rings. The third-order valence-corrected chi connectivity index (χ3v) is 7.30. The number of nitrogens with zero attached hydrogens (tertiary/aromatic N) is 1.